The molecule has 4 heteroatoms. The number of allylic oxidation sites excluding steroid dienone is 4. The van der Waals surface area contributed by atoms with E-state index in [0.29, 0.717) is 13.0 Å². The summed E-state index contributed by atoms with van der Waals surface area (Å²) in [4.78, 5) is 14.4. The molecule has 0 spiro atoms. The van der Waals surface area contributed by atoms with E-state index in [9.17, 15) is 4.79 Å². The fourth-order valence-corrected chi connectivity index (χ4v) is 2.20. The van der Waals surface area contributed by atoms with Gasteiger partial charge < -0.3 is 5.11 Å². The molecule has 128 valence electrons. The van der Waals surface area contributed by atoms with Gasteiger partial charge in [0.2, 0.25) is 0 Å². The largest absolute Gasteiger partial charge is 0.481 e. The zero-order chi connectivity index (χ0) is 16.3. The Labute approximate surface area is 134 Å². The minimum absolute atomic E-state index is 0.305. The lowest BCUT2D eigenvalue weighted by atomic mass is 10.1. The summed E-state index contributed by atoms with van der Waals surface area (Å²) in [5.74, 6) is -0.686. The SMILES string of the molecule is O=C(O)CCCCCCCC=CC=CCCCCCCOO. The van der Waals surface area contributed by atoms with Gasteiger partial charge in [0.1, 0.15) is 0 Å². The Bertz CT molecular complexity index is 297. The first-order valence-electron chi connectivity index (χ1n) is 8.57. The maximum Gasteiger partial charge on any atom is 0.303 e. The Morgan fingerprint density at radius 1 is 0.773 bits per heavy atom. The monoisotopic (exact) mass is 312 g/mol. The Morgan fingerprint density at radius 2 is 1.27 bits per heavy atom. The normalized spacial score (nSPS) is 11.7. The lowest BCUT2D eigenvalue weighted by molar-refractivity contribution is -0.242. The predicted octanol–water partition coefficient (Wildman–Crippen LogP) is 5.35. The zero-order valence-corrected chi connectivity index (χ0v) is 13.7. The van der Waals surface area contributed by atoms with Crippen LogP contribution in [0.5, 0.6) is 0 Å². The molecule has 0 rings (SSSR count). The highest BCUT2D eigenvalue weighted by atomic mass is 17.1. The fourth-order valence-electron chi connectivity index (χ4n) is 2.20. The molecule has 4 nitrogen and oxygen atoms in total. The second-order valence-corrected chi connectivity index (χ2v) is 5.59. The van der Waals surface area contributed by atoms with Crippen LogP contribution in [0.25, 0.3) is 0 Å². The van der Waals surface area contributed by atoms with Gasteiger partial charge in [0.15, 0.2) is 0 Å². The molecule has 0 aromatic carbocycles. The van der Waals surface area contributed by atoms with E-state index in [-0.39, 0.29) is 0 Å². The lowest BCUT2D eigenvalue weighted by Gasteiger charge is -1.98. The van der Waals surface area contributed by atoms with Crippen molar-refractivity contribution in [2.24, 2.45) is 0 Å². The van der Waals surface area contributed by atoms with Crippen molar-refractivity contribution in [2.75, 3.05) is 6.61 Å². The molecule has 2 N–H and O–H groups in total. The molecule has 0 aliphatic rings. The number of carboxylic acid groups (broad SMARTS) is 1. The van der Waals surface area contributed by atoms with Gasteiger partial charge in [-0.15, -0.1) is 0 Å². The predicted molar refractivity (Wildman–Crippen MR) is 89.9 cm³/mol. The van der Waals surface area contributed by atoms with E-state index in [0.717, 1.165) is 44.9 Å². The fraction of sp³-hybridized carbons (Fsp3) is 0.722. The van der Waals surface area contributed by atoms with E-state index >= 15 is 0 Å². The summed E-state index contributed by atoms with van der Waals surface area (Å²) >= 11 is 0. The number of hydrogen-bond acceptors (Lipinski definition) is 3. The van der Waals surface area contributed by atoms with E-state index in [1.54, 1.807) is 0 Å². The van der Waals surface area contributed by atoms with Crippen LogP contribution in [-0.4, -0.2) is 22.9 Å². The van der Waals surface area contributed by atoms with Gasteiger partial charge in [0.25, 0.3) is 0 Å². The minimum Gasteiger partial charge on any atom is -0.481 e. The molecule has 0 saturated carbocycles. The standard InChI is InChI=1S/C18H32O4/c19-18(20)16-14-12-10-8-6-4-2-1-3-5-7-9-11-13-15-17-22-21/h1-3,5,21H,4,6-17H2,(H,19,20). The third-order valence-corrected chi connectivity index (χ3v) is 3.50. The summed E-state index contributed by atoms with van der Waals surface area (Å²) < 4.78 is 0. The number of hydrogen-bond donors (Lipinski definition) is 2. The van der Waals surface area contributed by atoms with Crippen LogP contribution in [0.2, 0.25) is 0 Å². The van der Waals surface area contributed by atoms with Gasteiger partial charge in [-0.25, -0.2) is 4.89 Å². The molecule has 0 saturated heterocycles. The summed E-state index contributed by atoms with van der Waals surface area (Å²) in [5.41, 5.74) is 0. The van der Waals surface area contributed by atoms with E-state index in [1.807, 2.05) is 0 Å². The highest BCUT2D eigenvalue weighted by molar-refractivity contribution is 5.66. The first-order valence-corrected chi connectivity index (χ1v) is 8.57. The van der Waals surface area contributed by atoms with Gasteiger partial charge in [0, 0.05) is 6.42 Å². The summed E-state index contributed by atoms with van der Waals surface area (Å²) in [5, 5.41) is 16.7. The van der Waals surface area contributed by atoms with Crippen molar-refractivity contribution in [3.05, 3.63) is 24.3 Å². The maximum atomic E-state index is 10.3. The Kier molecular flexibility index (Phi) is 17.0. The summed E-state index contributed by atoms with van der Waals surface area (Å²) in [7, 11) is 0. The van der Waals surface area contributed by atoms with Gasteiger partial charge >= 0.3 is 5.97 Å². The van der Waals surface area contributed by atoms with Crippen LogP contribution in [0.15, 0.2) is 24.3 Å². The van der Waals surface area contributed by atoms with Crippen LogP contribution in [0.3, 0.4) is 0 Å². The molecule has 0 aliphatic carbocycles. The van der Waals surface area contributed by atoms with Crippen molar-refractivity contribution < 1.29 is 20.0 Å². The molecule has 0 bridgehead atoms. The van der Waals surface area contributed by atoms with E-state index in [4.69, 9.17) is 10.4 Å². The average Bonchev–Trinajstić information content (AvgIpc) is 2.50. The number of rotatable bonds is 16. The second-order valence-electron chi connectivity index (χ2n) is 5.59. The molecular formula is C18H32O4. The van der Waals surface area contributed by atoms with Crippen LogP contribution in [-0.2, 0) is 9.68 Å². The van der Waals surface area contributed by atoms with Gasteiger partial charge in [-0.2, -0.15) is 0 Å². The minimum atomic E-state index is -0.686. The number of unbranched alkanes of at least 4 members (excludes halogenated alkanes) is 9. The summed E-state index contributed by atoms with van der Waals surface area (Å²) in [6, 6.07) is 0. The third-order valence-electron chi connectivity index (χ3n) is 3.50. The second kappa shape index (κ2) is 17.9. The molecule has 0 radical (unpaired) electrons. The summed E-state index contributed by atoms with van der Waals surface area (Å²) in [6.07, 6.45) is 20.9. The Hall–Kier alpha value is -1.13. The number of carbonyl (C=O) groups is 1. The third kappa shape index (κ3) is 18.9. The quantitative estimate of drug-likeness (QED) is 0.174. The highest BCUT2D eigenvalue weighted by Gasteiger charge is 1.95. The molecule has 0 aromatic heterocycles. The molecule has 0 fully saturated rings. The average molecular weight is 312 g/mol. The first kappa shape index (κ1) is 20.9. The van der Waals surface area contributed by atoms with Gasteiger partial charge in [-0.3, -0.25) is 10.1 Å². The molecule has 0 heterocycles. The molecule has 0 amide bonds. The van der Waals surface area contributed by atoms with Crippen molar-refractivity contribution >= 4 is 5.97 Å². The van der Waals surface area contributed by atoms with Crippen LogP contribution >= 0.6 is 0 Å². The highest BCUT2D eigenvalue weighted by Crippen LogP contribution is 2.08. The van der Waals surface area contributed by atoms with E-state index in [2.05, 4.69) is 29.2 Å². The molecule has 0 aliphatic heterocycles. The van der Waals surface area contributed by atoms with Crippen molar-refractivity contribution in [2.45, 2.75) is 77.0 Å². The molecule has 0 aromatic rings. The maximum absolute atomic E-state index is 10.3. The molecular weight excluding hydrogens is 280 g/mol. The smallest absolute Gasteiger partial charge is 0.303 e. The van der Waals surface area contributed by atoms with Gasteiger partial charge in [-0.1, -0.05) is 56.4 Å². The van der Waals surface area contributed by atoms with Crippen LogP contribution < -0.4 is 0 Å². The van der Waals surface area contributed by atoms with Crippen LogP contribution in [0.1, 0.15) is 77.0 Å². The molecule has 0 unspecified atom stereocenters. The lowest BCUT2D eigenvalue weighted by Crippen LogP contribution is -1.93. The van der Waals surface area contributed by atoms with E-state index < -0.39 is 5.97 Å². The Balaban J connectivity index is 3.19. The number of aliphatic carboxylic acids is 1. The van der Waals surface area contributed by atoms with Crippen molar-refractivity contribution in [3.63, 3.8) is 0 Å². The number of carboxylic acids is 1. The van der Waals surface area contributed by atoms with Crippen molar-refractivity contribution in [1.29, 1.82) is 0 Å². The van der Waals surface area contributed by atoms with Gasteiger partial charge in [-0.05, 0) is 38.5 Å². The van der Waals surface area contributed by atoms with Crippen molar-refractivity contribution in [1.82, 2.24) is 0 Å². The molecule has 22 heavy (non-hydrogen) atoms. The van der Waals surface area contributed by atoms with Crippen LogP contribution in [0.4, 0.5) is 0 Å². The van der Waals surface area contributed by atoms with Crippen LogP contribution in [0, 0.1) is 0 Å². The zero-order valence-electron chi connectivity index (χ0n) is 13.7. The van der Waals surface area contributed by atoms with Crippen molar-refractivity contribution in [3.8, 4) is 0 Å². The topological polar surface area (TPSA) is 66.8 Å². The van der Waals surface area contributed by atoms with Gasteiger partial charge in [0.05, 0.1) is 6.61 Å². The van der Waals surface area contributed by atoms with E-state index in [1.165, 1.54) is 25.7 Å². The Morgan fingerprint density at radius 3 is 1.82 bits per heavy atom. The molecule has 0 atom stereocenters. The summed E-state index contributed by atoms with van der Waals surface area (Å²) in [6.45, 7) is 0.443. The first-order chi connectivity index (χ1) is 10.8.